The lowest BCUT2D eigenvalue weighted by atomic mass is 10.2. The van der Waals surface area contributed by atoms with Crippen LogP contribution in [-0.4, -0.2) is 10.5 Å². The van der Waals surface area contributed by atoms with Crippen LogP contribution in [0, 0.1) is 6.92 Å². The van der Waals surface area contributed by atoms with Crippen LogP contribution in [0.4, 0.5) is 5.69 Å². The van der Waals surface area contributed by atoms with E-state index in [1.165, 1.54) is 10.6 Å². The van der Waals surface area contributed by atoms with Crippen LogP contribution in [0.2, 0.25) is 5.02 Å². The van der Waals surface area contributed by atoms with Crippen LogP contribution in [0.25, 0.3) is 0 Å². The molecule has 25 heavy (non-hydrogen) atoms. The molecule has 0 unspecified atom stereocenters. The summed E-state index contributed by atoms with van der Waals surface area (Å²) in [6.45, 7) is 2.28. The fraction of sp³-hybridized carbons (Fsp3) is 0.100. The second-order valence-electron chi connectivity index (χ2n) is 5.77. The van der Waals surface area contributed by atoms with Crippen molar-refractivity contribution in [1.29, 1.82) is 0 Å². The first kappa shape index (κ1) is 17.0. The normalized spacial score (nSPS) is 10.5. The minimum atomic E-state index is -0.428. The summed E-state index contributed by atoms with van der Waals surface area (Å²) in [4.78, 5) is 25.1. The lowest BCUT2D eigenvalue weighted by Gasteiger charge is -2.10. The number of pyridine rings is 1. The molecule has 0 bridgehead atoms. The molecule has 1 heterocycles. The first-order chi connectivity index (χ1) is 12.0. The van der Waals surface area contributed by atoms with Crippen LogP contribution in [0.15, 0.2) is 71.7 Å². The lowest BCUT2D eigenvalue weighted by Crippen LogP contribution is -2.29. The zero-order valence-electron chi connectivity index (χ0n) is 13.7. The Labute approximate surface area is 150 Å². The summed E-state index contributed by atoms with van der Waals surface area (Å²) in [5, 5.41) is 3.34. The number of nitrogens with zero attached hydrogens (tertiary/aromatic N) is 1. The summed E-state index contributed by atoms with van der Waals surface area (Å²) in [5.41, 5.74) is 2.31. The number of amides is 1. The number of aryl methyl sites for hydroxylation is 1. The van der Waals surface area contributed by atoms with Crippen molar-refractivity contribution in [3.05, 3.63) is 98.9 Å². The van der Waals surface area contributed by atoms with Crippen molar-refractivity contribution < 1.29 is 4.79 Å². The molecule has 0 saturated carbocycles. The Morgan fingerprint density at radius 3 is 2.48 bits per heavy atom. The van der Waals surface area contributed by atoms with Crippen LogP contribution >= 0.6 is 11.6 Å². The number of aromatic nitrogens is 1. The highest BCUT2D eigenvalue weighted by Gasteiger charge is 2.13. The van der Waals surface area contributed by atoms with E-state index in [0.29, 0.717) is 17.3 Å². The molecule has 1 N–H and O–H groups in total. The van der Waals surface area contributed by atoms with Gasteiger partial charge in [0, 0.05) is 16.9 Å². The van der Waals surface area contributed by atoms with Crippen LogP contribution in [0.1, 0.15) is 21.5 Å². The highest BCUT2D eigenvalue weighted by molar-refractivity contribution is 6.31. The van der Waals surface area contributed by atoms with Crippen LogP contribution in [0.5, 0.6) is 0 Å². The number of anilines is 1. The molecule has 0 fully saturated rings. The predicted molar refractivity (Wildman–Crippen MR) is 100 cm³/mol. The van der Waals surface area contributed by atoms with E-state index in [4.69, 9.17) is 11.6 Å². The average molecular weight is 353 g/mol. The standard InChI is InChI=1S/C20H17ClN2O2/c1-14-8-10-16(11-9-14)22-19(24)17-6-4-12-23(20(17)25)13-15-5-2-3-7-18(15)21/h2-12H,13H2,1H3,(H,22,24). The molecule has 126 valence electrons. The second kappa shape index (κ2) is 7.36. The van der Waals surface area contributed by atoms with Crippen LogP contribution in [-0.2, 0) is 6.54 Å². The minimum absolute atomic E-state index is 0.0927. The van der Waals surface area contributed by atoms with Gasteiger partial charge in [-0.2, -0.15) is 0 Å². The van der Waals surface area contributed by atoms with Crippen molar-refractivity contribution in [1.82, 2.24) is 4.57 Å². The van der Waals surface area contributed by atoms with Crippen LogP contribution in [0.3, 0.4) is 0 Å². The van der Waals surface area contributed by atoms with Crippen molar-refractivity contribution in [2.75, 3.05) is 5.32 Å². The summed E-state index contributed by atoms with van der Waals surface area (Å²) in [6.07, 6.45) is 1.65. The van der Waals surface area contributed by atoms with Gasteiger partial charge in [0.05, 0.1) is 6.54 Å². The van der Waals surface area contributed by atoms with E-state index < -0.39 is 5.91 Å². The number of carbonyl (C=O) groups excluding carboxylic acids is 1. The van der Waals surface area contributed by atoms with Crippen LogP contribution < -0.4 is 10.9 Å². The van der Waals surface area contributed by atoms with E-state index in [9.17, 15) is 9.59 Å². The molecular weight excluding hydrogens is 336 g/mol. The molecule has 0 saturated heterocycles. The van der Waals surface area contributed by atoms with E-state index in [-0.39, 0.29) is 11.1 Å². The quantitative estimate of drug-likeness (QED) is 0.768. The molecule has 5 heteroatoms. The van der Waals surface area contributed by atoms with Gasteiger partial charge in [-0.3, -0.25) is 9.59 Å². The summed E-state index contributed by atoms with van der Waals surface area (Å²) in [5.74, 6) is -0.428. The van der Waals surface area contributed by atoms with Crippen molar-refractivity contribution in [3.8, 4) is 0 Å². The zero-order valence-corrected chi connectivity index (χ0v) is 14.5. The van der Waals surface area contributed by atoms with Crippen molar-refractivity contribution in [2.45, 2.75) is 13.5 Å². The molecule has 0 radical (unpaired) electrons. The van der Waals surface area contributed by atoms with Gasteiger partial charge in [0.15, 0.2) is 0 Å². The molecule has 4 nitrogen and oxygen atoms in total. The first-order valence-corrected chi connectivity index (χ1v) is 8.23. The Balaban J connectivity index is 1.85. The highest BCUT2D eigenvalue weighted by atomic mass is 35.5. The number of rotatable bonds is 4. The molecule has 0 aliphatic carbocycles. The van der Waals surface area contributed by atoms with E-state index in [0.717, 1.165) is 11.1 Å². The summed E-state index contributed by atoms with van der Waals surface area (Å²) in [6, 6.07) is 17.9. The monoisotopic (exact) mass is 352 g/mol. The zero-order chi connectivity index (χ0) is 17.8. The number of hydrogen-bond acceptors (Lipinski definition) is 2. The Morgan fingerprint density at radius 1 is 1.04 bits per heavy atom. The van der Waals surface area contributed by atoms with Gasteiger partial charge in [-0.15, -0.1) is 0 Å². The van der Waals surface area contributed by atoms with Crippen molar-refractivity contribution >= 4 is 23.2 Å². The molecule has 0 atom stereocenters. The third-order valence-electron chi connectivity index (χ3n) is 3.87. The average Bonchev–Trinajstić information content (AvgIpc) is 2.60. The molecule has 1 aromatic heterocycles. The molecule has 2 aromatic carbocycles. The minimum Gasteiger partial charge on any atom is -0.322 e. The maximum atomic E-state index is 12.6. The smallest absolute Gasteiger partial charge is 0.263 e. The number of halogens is 1. The predicted octanol–water partition coefficient (Wildman–Crippen LogP) is 4.11. The SMILES string of the molecule is Cc1ccc(NC(=O)c2cccn(Cc3ccccc3Cl)c2=O)cc1. The Bertz CT molecular complexity index is 962. The lowest BCUT2D eigenvalue weighted by molar-refractivity contribution is 0.102. The fourth-order valence-electron chi connectivity index (χ4n) is 2.48. The van der Waals surface area contributed by atoms with Gasteiger partial charge in [0.2, 0.25) is 0 Å². The van der Waals surface area contributed by atoms with Gasteiger partial charge in [-0.25, -0.2) is 0 Å². The molecule has 0 aliphatic rings. The summed E-state index contributed by atoms with van der Waals surface area (Å²) >= 11 is 6.15. The molecule has 3 rings (SSSR count). The molecule has 1 amide bonds. The van der Waals surface area contributed by atoms with E-state index in [1.54, 1.807) is 30.5 Å². The Kier molecular flexibility index (Phi) is 5.00. The summed E-state index contributed by atoms with van der Waals surface area (Å²) < 4.78 is 1.48. The Hall–Kier alpha value is -2.85. The first-order valence-electron chi connectivity index (χ1n) is 7.85. The number of nitrogens with one attached hydrogen (secondary N) is 1. The molecule has 0 aliphatic heterocycles. The summed E-state index contributed by atoms with van der Waals surface area (Å²) in [7, 11) is 0. The number of hydrogen-bond donors (Lipinski definition) is 1. The third-order valence-corrected chi connectivity index (χ3v) is 4.24. The van der Waals surface area contributed by atoms with E-state index >= 15 is 0 Å². The maximum Gasteiger partial charge on any atom is 0.263 e. The number of benzene rings is 2. The maximum absolute atomic E-state index is 12.6. The van der Waals surface area contributed by atoms with Gasteiger partial charge >= 0.3 is 0 Å². The van der Waals surface area contributed by atoms with E-state index in [2.05, 4.69) is 5.32 Å². The number of carbonyl (C=O) groups is 1. The third kappa shape index (κ3) is 3.98. The van der Waals surface area contributed by atoms with Gasteiger partial charge in [-0.05, 0) is 42.8 Å². The van der Waals surface area contributed by atoms with Crippen molar-refractivity contribution in [3.63, 3.8) is 0 Å². The molecule has 3 aromatic rings. The fourth-order valence-corrected chi connectivity index (χ4v) is 2.68. The van der Waals surface area contributed by atoms with E-state index in [1.807, 2.05) is 37.3 Å². The van der Waals surface area contributed by atoms with Crippen molar-refractivity contribution in [2.24, 2.45) is 0 Å². The molecule has 0 spiro atoms. The largest absolute Gasteiger partial charge is 0.322 e. The molecular formula is C20H17ClN2O2. The Morgan fingerprint density at radius 2 is 1.76 bits per heavy atom. The van der Waals surface area contributed by atoms with Gasteiger partial charge in [0.1, 0.15) is 5.56 Å². The topological polar surface area (TPSA) is 51.1 Å². The van der Waals surface area contributed by atoms with Gasteiger partial charge in [-0.1, -0.05) is 47.5 Å². The second-order valence-corrected chi connectivity index (χ2v) is 6.17. The van der Waals surface area contributed by atoms with Gasteiger partial charge in [0.25, 0.3) is 11.5 Å². The highest BCUT2D eigenvalue weighted by Crippen LogP contribution is 2.15. The van der Waals surface area contributed by atoms with Gasteiger partial charge < -0.3 is 9.88 Å².